The lowest BCUT2D eigenvalue weighted by molar-refractivity contribution is -0.116. The van der Waals surface area contributed by atoms with Gasteiger partial charge in [0.25, 0.3) is 5.91 Å². The fourth-order valence-electron chi connectivity index (χ4n) is 3.95. The third-order valence-corrected chi connectivity index (χ3v) is 5.58. The van der Waals surface area contributed by atoms with Crippen LogP contribution in [0, 0.1) is 5.82 Å². The summed E-state index contributed by atoms with van der Waals surface area (Å²) >= 11 is 0. The molecule has 2 N–H and O–H groups in total. The number of nitrogens with zero attached hydrogens (tertiary/aromatic N) is 1. The third kappa shape index (κ3) is 5.20. The molecule has 1 fully saturated rings. The van der Waals surface area contributed by atoms with Gasteiger partial charge >= 0.3 is 0 Å². The number of hydrogen-bond acceptors (Lipinski definition) is 3. The van der Waals surface area contributed by atoms with Crippen molar-refractivity contribution in [1.82, 2.24) is 5.32 Å². The zero-order valence-electron chi connectivity index (χ0n) is 17.4. The number of piperidine rings is 1. The molecule has 0 aliphatic carbocycles. The molecule has 31 heavy (non-hydrogen) atoms. The molecule has 1 aliphatic heterocycles. The topological polar surface area (TPSA) is 61.4 Å². The summed E-state index contributed by atoms with van der Waals surface area (Å²) in [4.78, 5) is 27.1. The van der Waals surface area contributed by atoms with Crippen LogP contribution in [0.1, 0.15) is 36.0 Å². The molecule has 3 aromatic rings. The summed E-state index contributed by atoms with van der Waals surface area (Å²) in [7, 11) is 0. The summed E-state index contributed by atoms with van der Waals surface area (Å²) in [6, 6.07) is 17.8. The van der Waals surface area contributed by atoms with Crippen LogP contribution in [0.5, 0.6) is 0 Å². The summed E-state index contributed by atoms with van der Waals surface area (Å²) in [6.45, 7) is 2.00. The Morgan fingerprint density at radius 2 is 1.68 bits per heavy atom. The van der Waals surface area contributed by atoms with E-state index in [1.165, 1.54) is 18.6 Å². The van der Waals surface area contributed by atoms with Gasteiger partial charge < -0.3 is 15.5 Å². The van der Waals surface area contributed by atoms with Crippen molar-refractivity contribution in [3.8, 4) is 0 Å². The van der Waals surface area contributed by atoms with Crippen molar-refractivity contribution in [1.29, 1.82) is 0 Å². The normalized spacial score (nSPS) is 13.8. The first-order chi connectivity index (χ1) is 15.1. The molecule has 0 spiro atoms. The van der Waals surface area contributed by atoms with Crippen LogP contribution in [0.15, 0.2) is 60.7 Å². The Morgan fingerprint density at radius 3 is 2.48 bits per heavy atom. The van der Waals surface area contributed by atoms with Gasteiger partial charge in [-0.25, -0.2) is 4.39 Å². The number of benzene rings is 3. The minimum absolute atomic E-state index is 0.106. The van der Waals surface area contributed by atoms with Gasteiger partial charge in [-0.15, -0.1) is 0 Å². The van der Waals surface area contributed by atoms with Crippen LogP contribution in [-0.2, 0) is 4.79 Å². The maximum absolute atomic E-state index is 13.8. The largest absolute Gasteiger partial charge is 0.370 e. The highest BCUT2D eigenvalue weighted by molar-refractivity contribution is 5.99. The Hall–Kier alpha value is -3.41. The average molecular weight is 420 g/mol. The molecule has 0 atom stereocenters. The molecule has 1 heterocycles. The van der Waals surface area contributed by atoms with E-state index in [9.17, 15) is 14.0 Å². The minimum atomic E-state index is -0.388. The molecule has 160 valence electrons. The summed E-state index contributed by atoms with van der Waals surface area (Å²) in [5.41, 5.74) is 1.87. The van der Waals surface area contributed by atoms with Crippen molar-refractivity contribution in [2.45, 2.75) is 25.7 Å². The Bertz CT molecular complexity index is 1090. The Kier molecular flexibility index (Phi) is 6.46. The second kappa shape index (κ2) is 9.60. The molecule has 5 nitrogen and oxygen atoms in total. The van der Waals surface area contributed by atoms with E-state index in [1.807, 2.05) is 36.4 Å². The molecule has 1 saturated heterocycles. The maximum atomic E-state index is 13.8. The summed E-state index contributed by atoms with van der Waals surface area (Å²) in [5.74, 6) is -0.873. The monoisotopic (exact) mass is 419 g/mol. The predicted octanol–water partition coefficient (Wildman–Crippen LogP) is 4.73. The second-order valence-corrected chi connectivity index (χ2v) is 7.83. The number of carbonyl (C=O) groups is 2. The second-order valence-electron chi connectivity index (χ2n) is 7.83. The van der Waals surface area contributed by atoms with E-state index in [0.29, 0.717) is 11.3 Å². The van der Waals surface area contributed by atoms with E-state index in [0.717, 1.165) is 42.4 Å². The highest BCUT2D eigenvalue weighted by Gasteiger charge is 2.17. The number of nitrogens with one attached hydrogen (secondary N) is 2. The predicted molar refractivity (Wildman–Crippen MR) is 122 cm³/mol. The van der Waals surface area contributed by atoms with E-state index >= 15 is 0 Å². The fraction of sp³-hybridized carbons (Fsp3) is 0.280. The van der Waals surface area contributed by atoms with Gasteiger partial charge in [0.2, 0.25) is 5.91 Å². The lowest BCUT2D eigenvalue weighted by Crippen LogP contribution is -2.31. The average Bonchev–Trinajstić information content (AvgIpc) is 2.79. The minimum Gasteiger partial charge on any atom is -0.370 e. The van der Waals surface area contributed by atoms with Crippen molar-refractivity contribution < 1.29 is 14.0 Å². The Morgan fingerprint density at radius 1 is 0.903 bits per heavy atom. The number of amides is 2. The van der Waals surface area contributed by atoms with Gasteiger partial charge in [0.1, 0.15) is 5.82 Å². The SMILES string of the molecule is O=C(CCNC(=O)c1ccc2ccccc2c1)Nc1cc(F)ccc1N1CCCCC1. The number of carbonyl (C=O) groups excluding carboxylic acids is 2. The van der Waals surface area contributed by atoms with E-state index < -0.39 is 0 Å². The number of halogens is 1. The lowest BCUT2D eigenvalue weighted by atomic mass is 10.1. The summed E-state index contributed by atoms with van der Waals surface area (Å²) < 4.78 is 13.8. The van der Waals surface area contributed by atoms with Crippen LogP contribution in [0.3, 0.4) is 0 Å². The van der Waals surface area contributed by atoms with Gasteiger partial charge in [-0.2, -0.15) is 0 Å². The highest BCUT2D eigenvalue weighted by Crippen LogP contribution is 2.29. The zero-order chi connectivity index (χ0) is 21.6. The quantitative estimate of drug-likeness (QED) is 0.607. The van der Waals surface area contributed by atoms with Crippen LogP contribution in [0.25, 0.3) is 10.8 Å². The molecule has 3 aromatic carbocycles. The maximum Gasteiger partial charge on any atom is 0.251 e. The van der Waals surface area contributed by atoms with Gasteiger partial charge in [0, 0.05) is 31.6 Å². The van der Waals surface area contributed by atoms with Crippen molar-refractivity contribution in [2.75, 3.05) is 29.9 Å². The Labute approximate surface area is 181 Å². The first-order valence-electron chi connectivity index (χ1n) is 10.7. The molecule has 0 aromatic heterocycles. The molecular weight excluding hydrogens is 393 g/mol. The summed E-state index contributed by atoms with van der Waals surface area (Å²) in [6.07, 6.45) is 3.47. The molecule has 1 aliphatic rings. The number of anilines is 2. The Balaban J connectivity index is 1.34. The molecule has 4 rings (SSSR count). The van der Waals surface area contributed by atoms with Crippen LogP contribution in [0.2, 0.25) is 0 Å². The van der Waals surface area contributed by atoms with Crippen LogP contribution in [-0.4, -0.2) is 31.4 Å². The smallest absolute Gasteiger partial charge is 0.251 e. The van der Waals surface area contributed by atoms with E-state index in [-0.39, 0.29) is 30.6 Å². The summed E-state index contributed by atoms with van der Waals surface area (Å²) in [5, 5.41) is 7.66. The first-order valence-corrected chi connectivity index (χ1v) is 10.7. The molecule has 0 saturated carbocycles. The van der Waals surface area contributed by atoms with E-state index in [4.69, 9.17) is 0 Å². The van der Waals surface area contributed by atoms with E-state index in [1.54, 1.807) is 12.1 Å². The van der Waals surface area contributed by atoms with Gasteiger partial charge in [-0.05, 0) is 60.4 Å². The molecule has 2 amide bonds. The third-order valence-electron chi connectivity index (χ3n) is 5.58. The molecular formula is C25H26FN3O2. The number of hydrogen-bond donors (Lipinski definition) is 2. The van der Waals surface area contributed by atoms with Crippen LogP contribution < -0.4 is 15.5 Å². The van der Waals surface area contributed by atoms with Gasteiger partial charge in [-0.3, -0.25) is 9.59 Å². The van der Waals surface area contributed by atoms with Crippen LogP contribution in [0.4, 0.5) is 15.8 Å². The number of fused-ring (bicyclic) bond motifs is 1. The van der Waals surface area contributed by atoms with E-state index in [2.05, 4.69) is 15.5 Å². The first kappa shape index (κ1) is 20.8. The zero-order valence-corrected chi connectivity index (χ0v) is 17.4. The van der Waals surface area contributed by atoms with Crippen molar-refractivity contribution in [3.63, 3.8) is 0 Å². The van der Waals surface area contributed by atoms with Crippen molar-refractivity contribution in [2.24, 2.45) is 0 Å². The molecule has 6 heteroatoms. The van der Waals surface area contributed by atoms with Gasteiger partial charge in [0.05, 0.1) is 11.4 Å². The highest BCUT2D eigenvalue weighted by atomic mass is 19.1. The standard InChI is InChI=1S/C25H26FN3O2/c26-21-10-11-23(29-14-4-1-5-15-29)22(17-21)28-24(30)12-13-27-25(31)20-9-8-18-6-2-3-7-19(18)16-20/h2-3,6-11,16-17H,1,4-5,12-15H2,(H,27,31)(H,28,30). The lowest BCUT2D eigenvalue weighted by Gasteiger charge is -2.30. The fourth-order valence-corrected chi connectivity index (χ4v) is 3.95. The van der Waals surface area contributed by atoms with Gasteiger partial charge in [-0.1, -0.05) is 30.3 Å². The van der Waals surface area contributed by atoms with Crippen LogP contribution >= 0.6 is 0 Å². The molecule has 0 unspecified atom stereocenters. The molecule has 0 bridgehead atoms. The number of rotatable bonds is 6. The van der Waals surface area contributed by atoms with Crippen molar-refractivity contribution >= 4 is 34.0 Å². The van der Waals surface area contributed by atoms with Gasteiger partial charge in [0.15, 0.2) is 0 Å². The van der Waals surface area contributed by atoms with Crippen molar-refractivity contribution in [3.05, 3.63) is 72.0 Å². The molecule has 0 radical (unpaired) electrons.